The van der Waals surface area contributed by atoms with Gasteiger partial charge in [0, 0.05) is 24.7 Å². The van der Waals surface area contributed by atoms with Crippen molar-refractivity contribution in [2.45, 2.75) is 71.4 Å². The summed E-state index contributed by atoms with van der Waals surface area (Å²) in [7, 11) is 0. The van der Waals surface area contributed by atoms with Gasteiger partial charge in [0.15, 0.2) is 5.96 Å². The van der Waals surface area contributed by atoms with Crippen molar-refractivity contribution in [1.29, 1.82) is 0 Å². The van der Waals surface area contributed by atoms with Crippen LogP contribution >= 0.6 is 0 Å². The predicted octanol–water partition coefficient (Wildman–Crippen LogP) is 2.08. The average molecular weight is 322 g/mol. The van der Waals surface area contributed by atoms with Gasteiger partial charge >= 0.3 is 0 Å². The molecule has 0 saturated heterocycles. The number of rotatable bonds is 6. The minimum absolute atomic E-state index is 0.123. The Morgan fingerprint density at radius 3 is 2.65 bits per heavy atom. The number of aliphatic imine (C=N–C) groups is 1. The van der Waals surface area contributed by atoms with E-state index in [4.69, 9.17) is 4.52 Å². The van der Waals surface area contributed by atoms with Crippen LogP contribution in [0.15, 0.2) is 9.52 Å². The van der Waals surface area contributed by atoms with E-state index in [1.807, 2.05) is 13.8 Å². The maximum Gasteiger partial charge on any atom is 0.191 e. The maximum atomic E-state index is 9.59. The van der Waals surface area contributed by atoms with Gasteiger partial charge in [-0.05, 0) is 59.3 Å². The lowest BCUT2D eigenvalue weighted by Gasteiger charge is -2.27. The van der Waals surface area contributed by atoms with Gasteiger partial charge in [0.25, 0.3) is 0 Å². The van der Waals surface area contributed by atoms with Crippen LogP contribution in [0.2, 0.25) is 0 Å². The van der Waals surface area contributed by atoms with Gasteiger partial charge in [-0.15, -0.1) is 0 Å². The van der Waals surface area contributed by atoms with E-state index in [2.05, 4.69) is 27.7 Å². The molecular weight excluding hydrogens is 292 g/mol. The highest BCUT2D eigenvalue weighted by Gasteiger charge is 2.19. The SMILES string of the molecule is CCNC(=NCCCc1c(C)noc1C)NC1CCC(O)CC1. The predicted molar refractivity (Wildman–Crippen MR) is 91.7 cm³/mol. The van der Waals surface area contributed by atoms with Gasteiger partial charge in [-0.25, -0.2) is 0 Å². The summed E-state index contributed by atoms with van der Waals surface area (Å²) in [5.41, 5.74) is 2.19. The van der Waals surface area contributed by atoms with Gasteiger partial charge in [0.05, 0.1) is 11.8 Å². The highest BCUT2D eigenvalue weighted by atomic mass is 16.5. The Hall–Kier alpha value is -1.56. The topological polar surface area (TPSA) is 82.7 Å². The second-order valence-corrected chi connectivity index (χ2v) is 6.32. The summed E-state index contributed by atoms with van der Waals surface area (Å²) in [6.07, 6.45) is 5.56. The summed E-state index contributed by atoms with van der Waals surface area (Å²) in [6.45, 7) is 7.64. The first-order valence-electron chi connectivity index (χ1n) is 8.74. The van der Waals surface area contributed by atoms with Crippen molar-refractivity contribution in [1.82, 2.24) is 15.8 Å². The standard InChI is InChI=1S/C17H30N4O2/c1-4-18-17(20-14-7-9-15(22)10-8-14)19-11-5-6-16-12(2)21-23-13(16)3/h14-15,22H,4-11H2,1-3H3,(H2,18,19,20). The number of aliphatic hydroxyl groups is 1. The number of nitrogens with zero attached hydrogens (tertiary/aromatic N) is 2. The average Bonchev–Trinajstić information content (AvgIpc) is 2.85. The minimum atomic E-state index is -0.123. The van der Waals surface area contributed by atoms with E-state index in [0.29, 0.717) is 6.04 Å². The third-order valence-corrected chi connectivity index (χ3v) is 4.42. The number of hydrogen-bond donors (Lipinski definition) is 3. The van der Waals surface area contributed by atoms with Crippen molar-refractivity contribution in [3.05, 3.63) is 17.0 Å². The summed E-state index contributed by atoms with van der Waals surface area (Å²) in [6, 6.07) is 0.416. The molecule has 1 saturated carbocycles. The van der Waals surface area contributed by atoms with Crippen LogP contribution in [-0.2, 0) is 6.42 Å². The van der Waals surface area contributed by atoms with Crippen LogP contribution in [0, 0.1) is 13.8 Å². The van der Waals surface area contributed by atoms with Crippen molar-refractivity contribution in [2.75, 3.05) is 13.1 Å². The Morgan fingerprint density at radius 2 is 2.04 bits per heavy atom. The van der Waals surface area contributed by atoms with E-state index in [0.717, 1.165) is 69.0 Å². The van der Waals surface area contributed by atoms with Gasteiger partial charge in [0.2, 0.25) is 0 Å². The lowest BCUT2D eigenvalue weighted by atomic mass is 9.93. The third-order valence-electron chi connectivity index (χ3n) is 4.42. The number of aliphatic hydroxyl groups excluding tert-OH is 1. The van der Waals surface area contributed by atoms with Crippen LogP contribution in [0.25, 0.3) is 0 Å². The van der Waals surface area contributed by atoms with Crippen LogP contribution in [0.5, 0.6) is 0 Å². The molecule has 0 amide bonds. The number of hydrogen-bond acceptors (Lipinski definition) is 4. The molecule has 2 rings (SSSR count). The summed E-state index contributed by atoms with van der Waals surface area (Å²) in [4.78, 5) is 4.67. The molecule has 0 unspecified atom stereocenters. The lowest BCUT2D eigenvalue weighted by Crippen LogP contribution is -2.45. The molecule has 1 fully saturated rings. The first-order valence-corrected chi connectivity index (χ1v) is 8.74. The van der Waals surface area contributed by atoms with Crippen LogP contribution in [0.4, 0.5) is 0 Å². The monoisotopic (exact) mass is 322 g/mol. The molecule has 6 nitrogen and oxygen atoms in total. The highest BCUT2D eigenvalue weighted by molar-refractivity contribution is 5.80. The van der Waals surface area contributed by atoms with E-state index in [-0.39, 0.29) is 6.10 Å². The normalized spacial score (nSPS) is 22.2. The number of aryl methyl sites for hydroxylation is 2. The van der Waals surface area contributed by atoms with Gasteiger partial charge in [-0.1, -0.05) is 5.16 Å². The Kier molecular flexibility index (Phi) is 6.89. The molecule has 0 bridgehead atoms. The first kappa shape index (κ1) is 17.8. The van der Waals surface area contributed by atoms with Crippen LogP contribution < -0.4 is 10.6 Å². The zero-order chi connectivity index (χ0) is 16.7. The molecule has 0 spiro atoms. The summed E-state index contributed by atoms with van der Waals surface area (Å²) >= 11 is 0. The molecule has 0 aliphatic heterocycles. The first-order chi connectivity index (χ1) is 11.1. The van der Waals surface area contributed by atoms with Crippen molar-refractivity contribution < 1.29 is 9.63 Å². The zero-order valence-electron chi connectivity index (χ0n) is 14.6. The van der Waals surface area contributed by atoms with Gasteiger partial charge in [-0.3, -0.25) is 4.99 Å². The molecule has 6 heteroatoms. The molecule has 23 heavy (non-hydrogen) atoms. The molecule has 1 aromatic heterocycles. The van der Waals surface area contributed by atoms with E-state index < -0.39 is 0 Å². The Morgan fingerprint density at radius 1 is 1.30 bits per heavy atom. The second-order valence-electron chi connectivity index (χ2n) is 6.32. The molecule has 1 aromatic rings. The van der Waals surface area contributed by atoms with Gasteiger partial charge in [0.1, 0.15) is 5.76 Å². The van der Waals surface area contributed by atoms with Crippen LogP contribution in [0.3, 0.4) is 0 Å². The molecule has 0 aromatic carbocycles. The van der Waals surface area contributed by atoms with Gasteiger partial charge < -0.3 is 20.3 Å². The number of aromatic nitrogens is 1. The molecule has 0 radical (unpaired) electrons. The highest BCUT2D eigenvalue weighted by Crippen LogP contribution is 2.18. The van der Waals surface area contributed by atoms with Crippen LogP contribution in [-0.4, -0.2) is 41.5 Å². The summed E-state index contributed by atoms with van der Waals surface area (Å²) < 4.78 is 5.19. The zero-order valence-corrected chi connectivity index (χ0v) is 14.6. The lowest BCUT2D eigenvalue weighted by molar-refractivity contribution is 0.120. The molecule has 3 N–H and O–H groups in total. The van der Waals surface area contributed by atoms with Crippen molar-refractivity contribution in [3.8, 4) is 0 Å². The number of guanidine groups is 1. The van der Waals surface area contributed by atoms with E-state index in [1.165, 1.54) is 5.56 Å². The smallest absolute Gasteiger partial charge is 0.191 e. The third kappa shape index (κ3) is 5.53. The van der Waals surface area contributed by atoms with E-state index in [9.17, 15) is 5.11 Å². The summed E-state index contributed by atoms with van der Waals surface area (Å²) in [5.74, 6) is 1.80. The van der Waals surface area contributed by atoms with Crippen molar-refractivity contribution in [2.24, 2.45) is 4.99 Å². The fourth-order valence-corrected chi connectivity index (χ4v) is 3.04. The van der Waals surface area contributed by atoms with Gasteiger partial charge in [-0.2, -0.15) is 0 Å². The van der Waals surface area contributed by atoms with Crippen LogP contribution in [0.1, 0.15) is 56.0 Å². The largest absolute Gasteiger partial charge is 0.393 e. The second kappa shape index (κ2) is 8.91. The molecule has 1 heterocycles. The Bertz CT molecular complexity index is 485. The summed E-state index contributed by atoms with van der Waals surface area (Å²) in [5, 5.41) is 20.4. The molecule has 1 aliphatic rings. The Labute approximate surface area is 138 Å². The van der Waals surface area contributed by atoms with E-state index in [1.54, 1.807) is 0 Å². The molecule has 0 atom stereocenters. The fraction of sp³-hybridized carbons (Fsp3) is 0.765. The fourth-order valence-electron chi connectivity index (χ4n) is 3.04. The van der Waals surface area contributed by atoms with E-state index >= 15 is 0 Å². The quantitative estimate of drug-likeness (QED) is 0.424. The Balaban J connectivity index is 1.79. The maximum absolute atomic E-state index is 9.59. The van der Waals surface area contributed by atoms with Crippen molar-refractivity contribution in [3.63, 3.8) is 0 Å². The minimum Gasteiger partial charge on any atom is -0.393 e. The molecular formula is C17H30N4O2. The molecule has 1 aliphatic carbocycles. The van der Waals surface area contributed by atoms with Crippen molar-refractivity contribution >= 4 is 5.96 Å². The number of nitrogens with one attached hydrogen (secondary N) is 2. The molecule has 130 valence electrons.